The normalized spacial score (nSPS) is 12.1. The van der Waals surface area contributed by atoms with Gasteiger partial charge in [-0.2, -0.15) is 0 Å². The molecule has 0 amide bonds. The fourth-order valence-corrected chi connectivity index (χ4v) is 1.84. The minimum absolute atomic E-state index is 0.188. The summed E-state index contributed by atoms with van der Waals surface area (Å²) in [5.74, 6) is 0.644. The van der Waals surface area contributed by atoms with E-state index in [0.717, 1.165) is 0 Å². The third-order valence-corrected chi connectivity index (χ3v) is 2.74. The summed E-state index contributed by atoms with van der Waals surface area (Å²) in [6.07, 6.45) is 1.91. The first-order valence-corrected chi connectivity index (χ1v) is 6.26. The Morgan fingerprint density at radius 2 is 2.11 bits per heavy atom. The molecule has 0 aliphatic carbocycles. The summed E-state index contributed by atoms with van der Waals surface area (Å²) in [7, 11) is 2.81. The van der Waals surface area contributed by atoms with Gasteiger partial charge in [-0.25, -0.2) is 14.8 Å². The van der Waals surface area contributed by atoms with Gasteiger partial charge in [0.1, 0.15) is 12.4 Å². The number of aromatic nitrogens is 2. The third kappa shape index (κ3) is 4.24. The van der Waals surface area contributed by atoms with Crippen molar-refractivity contribution >= 4 is 23.4 Å². The molecule has 0 radical (unpaired) electrons. The van der Waals surface area contributed by atoms with Gasteiger partial charge in [-0.15, -0.1) is 0 Å². The van der Waals surface area contributed by atoms with Gasteiger partial charge in [0, 0.05) is 0 Å². The van der Waals surface area contributed by atoms with E-state index in [9.17, 15) is 4.79 Å². The highest BCUT2D eigenvalue weighted by atomic mass is 35.5. The van der Waals surface area contributed by atoms with Gasteiger partial charge in [0.15, 0.2) is 16.7 Å². The topological polar surface area (TPSA) is 73.3 Å². The van der Waals surface area contributed by atoms with Gasteiger partial charge < -0.3 is 14.8 Å². The first-order valence-electron chi connectivity index (χ1n) is 5.88. The van der Waals surface area contributed by atoms with Crippen LogP contribution in [-0.4, -0.2) is 36.2 Å². The first kappa shape index (κ1) is 15.5. The summed E-state index contributed by atoms with van der Waals surface area (Å²) in [5.41, 5.74) is 0. The largest absolute Gasteiger partial charge is 0.490 e. The second-order valence-corrected chi connectivity index (χ2v) is 4.75. The number of nitrogens with zero attached hydrogens (tertiary/aromatic N) is 2. The molecule has 1 rings (SSSR count). The number of carbonyl (C=O) groups is 1. The number of halogens is 1. The lowest BCUT2D eigenvalue weighted by Gasteiger charge is -2.20. The van der Waals surface area contributed by atoms with Crippen LogP contribution in [0.2, 0.25) is 5.15 Å². The summed E-state index contributed by atoms with van der Waals surface area (Å²) < 4.78 is 9.89. The minimum Gasteiger partial charge on any atom is -0.490 e. The van der Waals surface area contributed by atoms with Crippen molar-refractivity contribution in [2.24, 2.45) is 5.92 Å². The summed E-state index contributed by atoms with van der Waals surface area (Å²) in [6, 6.07) is -0.509. The van der Waals surface area contributed by atoms with Crippen LogP contribution in [0.1, 0.15) is 20.3 Å². The lowest BCUT2D eigenvalue weighted by atomic mass is 10.0. The highest BCUT2D eigenvalue weighted by molar-refractivity contribution is 6.31. The Morgan fingerprint density at radius 1 is 1.42 bits per heavy atom. The number of hydrogen-bond acceptors (Lipinski definition) is 6. The third-order valence-electron chi connectivity index (χ3n) is 2.47. The van der Waals surface area contributed by atoms with Gasteiger partial charge in [0.2, 0.25) is 0 Å². The van der Waals surface area contributed by atoms with E-state index in [1.165, 1.54) is 20.5 Å². The summed E-state index contributed by atoms with van der Waals surface area (Å²) >= 11 is 5.90. The zero-order valence-corrected chi connectivity index (χ0v) is 12.2. The van der Waals surface area contributed by atoms with Crippen molar-refractivity contribution in [3.63, 3.8) is 0 Å². The molecule has 0 fully saturated rings. The van der Waals surface area contributed by atoms with Crippen LogP contribution in [0.25, 0.3) is 0 Å². The molecular formula is C12H18ClN3O3. The van der Waals surface area contributed by atoms with Crippen molar-refractivity contribution in [2.75, 3.05) is 19.5 Å². The molecule has 1 heterocycles. The first-order chi connectivity index (χ1) is 8.99. The molecular weight excluding hydrogens is 270 g/mol. The zero-order chi connectivity index (χ0) is 14.4. The Bertz CT molecular complexity index is 440. The smallest absolute Gasteiger partial charge is 0.328 e. The number of rotatable bonds is 6. The van der Waals surface area contributed by atoms with Gasteiger partial charge in [0.05, 0.1) is 14.2 Å². The van der Waals surface area contributed by atoms with Crippen molar-refractivity contribution in [1.29, 1.82) is 0 Å². The fraction of sp³-hybridized carbons (Fsp3) is 0.583. The molecule has 0 spiro atoms. The number of methoxy groups -OCH3 is 2. The van der Waals surface area contributed by atoms with Crippen LogP contribution in [0.3, 0.4) is 0 Å². The van der Waals surface area contributed by atoms with Gasteiger partial charge in [0.25, 0.3) is 0 Å². The number of hydrogen-bond donors (Lipinski definition) is 1. The van der Waals surface area contributed by atoms with Crippen LogP contribution in [0.15, 0.2) is 6.33 Å². The molecule has 0 aliphatic rings. The molecule has 7 heteroatoms. The van der Waals surface area contributed by atoms with Crippen LogP contribution in [0.5, 0.6) is 5.75 Å². The van der Waals surface area contributed by atoms with Crippen LogP contribution in [0.4, 0.5) is 5.82 Å². The van der Waals surface area contributed by atoms with Crippen molar-refractivity contribution in [2.45, 2.75) is 26.3 Å². The van der Waals surface area contributed by atoms with E-state index >= 15 is 0 Å². The molecule has 0 aromatic carbocycles. The number of carbonyl (C=O) groups excluding carboxylic acids is 1. The van der Waals surface area contributed by atoms with Crippen LogP contribution < -0.4 is 10.1 Å². The molecule has 1 unspecified atom stereocenters. The van der Waals surface area contributed by atoms with E-state index in [-0.39, 0.29) is 11.1 Å². The molecule has 0 bridgehead atoms. The van der Waals surface area contributed by atoms with Gasteiger partial charge in [-0.1, -0.05) is 25.4 Å². The molecule has 0 saturated carbocycles. The predicted molar refractivity (Wildman–Crippen MR) is 72.5 cm³/mol. The van der Waals surface area contributed by atoms with E-state index < -0.39 is 6.04 Å². The number of nitrogens with one attached hydrogen (secondary N) is 1. The van der Waals surface area contributed by atoms with E-state index in [1.807, 2.05) is 13.8 Å². The maximum absolute atomic E-state index is 11.7. The lowest BCUT2D eigenvalue weighted by Crippen LogP contribution is -2.32. The molecule has 1 aromatic heterocycles. The van der Waals surface area contributed by atoms with Crippen LogP contribution >= 0.6 is 11.6 Å². The number of esters is 1. The average Bonchev–Trinajstić information content (AvgIpc) is 2.36. The predicted octanol–water partition coefficient (Wildman–Crippen LogP) is 2.14. The molecule has 19 heavy (non-hydrogen) atoms. The molecule has 106 valence electrons. The summed E-state index contributed by atoms with van der Waals surface area (Å²) in [5, 5.41) is 3.17. The maximum Gasteiger partial charge on any atom is 0.328 e. The van der Waals surface area contributed by atoms with E-state index in [0.29, 0.717) is 23.9 Å². The summed E-state index contributed by atoms with van der Waals surface area (Å²) in [4.78, 5) is 19.6. The van der Waals surface area contributed by atoms with Gasteiger partial charge in [-0.3, -0.25) is 0 Å². The Balaban J connectivity index is 2.96. The van der Waals surface area contributed by atoms with E-state index in [4.69, 9.17) is 21.1 Å². The fourth-order valence-electron chi connectivity index (χ4n) is 1.63. The van der Waals surface area contributed by atoms with Crippen molar-refractivity contribution < 1.29 is 14.3 Å². The average molecular weight is 288 g/mol. The minimum atomic E-state index is -0.509. The maximum atomic E-state index is 11.7. The number of ether oxygens (including phenoxy) is 2. The standard InChI is InChI=1S/C12H18ClN3O3/c1-7(2)5-8(12(17)19-4)16-11-9(18-3)10(13)14-6-15-11/h6-8H,5H2,1-4H3,(H,14,15,16). The van der Waals surface area contributed by atoms with Gasteiger partial charge >= 0.3 is 5.97 Å². The second kappa shape index (κ2) is 7.13. The summed E-state index contributed by atoms with van der Waals surface area (Å²) in [6.45, 7) is 4.03. The van der Waals surface area contributed by atoms with Gasteiger partial charge in [-0.05, 0) is 12.3 Å². The van der Waals surface area contributed by atoms with Crippen molar-refractivity contribution in [1.82, 2.24) is 9.97 Å². The van der Waals surface area contributed by atoms with Crippen molar-refractivity contribution in [3.05, 3.63) is 11.5 Å². The lowest BCUT2D eigenvalue weighted by molar-refractivity contribution is -0.141. The molecule has 1 N–H and O–H groups in total. The number of anilines is 1. The quantitative estimate of drug-likeness (QED) is 0.638. The monoisotopic (exact) mass is 287 g/mol. The molecule has 0 saturated heterocycles. The molecule has 1 aromatic rings. The zero-order valence-electron chi connectivity index (χ0n) is 11.4. The Morgan fingerprint density at radius 3 is 2.63 bits per heavy atom. The molecule has 6 nitrogen and oxygen atoms in total. The van der Waals surface area contributed by atoms with Crippen molar-refractivity contribution in [3.8, 4) is 5.75 Å². The van der Waals surface area contributed by atoms with Crippen LogP contribution in [-0.2, 0) is 9.53 Å². The Hall–Kier alpha value is -1.56. The van der Waals surface area contributed by atoms with E-state index in [2.05, 4.69) is 15.3 Å². The Labute approximate surface area is 117 Å². The van der Waals surface area contributed by atoms with E-state index in [1.54, 1.807) is 0 Å². The molecule has 0 aliphatic heterocycles. The highest BCUT2D eigenvalue weighted by Crippen LogP contribution is 2.29. The SMILES string of the molecule is COC(=O)C(CC(C)C)Nc1ncnc(Cl)c1OC. The second-order valence-electron chi connectivity index (χ2n) is 4.40. The highest BCUT2D eigenvalue weighted by Gasteiger charge is 2.23. The molecule has 1 atom stereocenters. The Kier molecular flexibility index (Phi) is 5.82. The van der Waals surface area contributed by atoms with Crippen LogP contribution in [0, 0.1) is 5.92 Å².